The Balaban J connectivity index is 1.44. The predicted molar refractivity (Wildman–Crippen MR) is 141 cm³/mol. The van der Waals surface area contributed by atoms with E-state index in [4.69, 9.17) is 4.74 Å². The summed E-state index contributed by atoms with van der Waals surface area (Å²) in [6, 6.07) is 21.6. The normalized spacial score (nSPS) is 11.2. The Labute approximate surface area is 210 Å². The zero-order valence-corrected chi connectivity index (χ0v) is 20.4. The number of azo groups is 1. The number of hydrogen-bond donors (Lipinski definition) is 3. The van der Waals surface area contributed by atoms with Crippen LogP contribution in [-0.4, -0.2) is 29.3 Å². The lowest BCUT2D eigenvalue weighted by Crippen LogP contribution is -2.24. The smallest absolute Gasteiger partial charge is 0.255 e. The van der Waals surface area contributed by atoms with E-state index in [1.54, 1.807) is 36.4 Å². The van der Waals surface area contributed by atoms with Crippen molar-refractivity contribution in [2.75, 3.05) is 13.2 Å². The molecule has 4 aromatic carbocycles. The number of phenols is 2. The van der Waals surface area contributed by atoms with Gasteiger partial charge in [-0.1, -0.05) is 42.5 Å². The van der Waals surface area contributed by atoms with Crippen molar-refractivity contribution in [1.29, 1.82) is 0 Å². The first-order valence-corrected chi connectivity index (χ1v) is 11.9. The van der Waals surface area contributed by atoms with Crippen molar-refractivity contribution in [3.63, 3.8) is 0 Å². The first-order valence-electron chi connectivity index (χ1n) is 11.9. The molecule has 0 aromatic heterocycles. The number of unbranched alkanes of at least 4 members (excludes halogenated alkanes) is 1. The third-order valence-electron chi connectivity index (χ3n) is 5.75. The highest BCUT2D eigenvalue weighted by molar-refractivity contribution is 6.07. The summed E-state index contributed by atoms with van der Waals surface area (Å²) >= 11 is 0. The second-order valence-corrected chi connectivity index (χ2v) is 8.66. The number of carbonyl (C=O) groups excluding carboxylic acids is 1. The maximum absolute atomic E-state index is 12.9. The van der Waals surface area contributed by atoms with Gasteiger partial charge >= 0.3 is 0 Å². The summed E-state index contributed by atoms with van der Waals surface area (Å²) in [5.41, 5.74) is 2.94. The Morgan fingerprint density at radius 1 is 0.833 bits per heavy atom. The average molecular weight is 484 g/mol. The minimum absolute atomic E-state index is 0.0109. The van der Waals surface area contributed by atoms with Gasteiger partial charge in [0.25, 0.3) is 5.91 Å². The van der Waals surface area contributed by atoms with Crippen LogP contribution in [0.1, 0.15) is 34.3 Å². The zero-order valence-electron chi connectivity index (χ0n) is 20.4. The van der Waals surface area contributed by atoms with E-state index in [-0.39, 0.29) is 17.1 Å². The first-order chi connectivity index (χ1) is 17.4. The fraction of sp³-hybridized carbons (Fsp3) is 0.207. The van der Waals surface area contributed by atoms with Crippen LogP contribution in [0.25, 0.3) is 10.8 Å². The molecule has 4 rings (SSSR count). The minimum atomic E-state index is -0.396. The number of amides is 1. The predicted octanol–water partition coefficient (Wildman–Crippen LogP) is 6.87. The Bertz CT molecular complexity index is 1420. The topological polar surface area (TPSA) is 104 Å². The number of aryl methyl sites for hydroxylation is 2. The Morgan fingerprint density at radius 2 is 1.58 bits per heavy atom. The van der Waals surface area contributed by atoms with Crippen molar-refractivity contribution in [2.45, 2.75) is 26.7 Å². The molecule has 36 heavy (non-hydrogen) atoms. The lowest BCUT2D eigenvalue weighted by atomic mass is 10.0. The van der Waals surface area contributed by atoms with E-state index >= 15 is 0 Å². The molecule has 4 aromatic rings. The molecule has 0 bridgehead atoms. The van der Waals surface area contributed by atoms with E-state index in [2.05, 4.69) is 15.5 Å². The van der Waals surface area contributed by atoms with Gasteiger partial charge in [0.05, 0.1) is 17.9 Å². The fourth-order valence-corrected chi connectivity index (χ4v) is 3.84. The summed E-state index contributed by atoms with van der Waals surface area (Å²) < 4.78 is 5.75. The number of aromatic hydroxyl groups is 2. The summed E-state index contributed by atoms with van der Waals surface area (Å²) in [7, 11) is 0. The van der Waals surface area contributed by atoms with Crippen molar-refractivity contribution >= 4 is 28.1 Å². The second-order valence-electron chi connectivity index (χ2n) is 8.66. The number of ether oxygens (including phenoxy) is 1. The summed E-state index contributed by atoms with van der Waals surface area (Å²) in [5, 5.41) is 33.4. The molecule has 7 heteroatoms. The molecule has 0 unspecified atom stereocenters. The van der Waals surface area contributed by atoms with Crippen molar-refractivity contribution in [2.24, 2.45) is 10.2 Å². The monoisotopic (exact) mass is 483 g/mol. The van der Waals surface area contributed by atoms with Gasteiger partial charge in [-0.05, 0) is 68.1 Å². The highest BCUT2D eigenvalue weighted by Gasteiger charge is 2.17. The molecule has 0 fully saturated rings. The molecule has 1 amide bonds. The summed E-state index contributed by atoms with van der Waals surface area (Å²) in [5.74, 6) is 0.341. The third-order valence-corrected chi connectivity index (χ3v) is 5.75. The van der Waals surface area contributed by atoms with E-state index in [0.29, 0.717) is 35.3 Å². The summed E-state index contributed by atoms with van der Waals surface area (Å²) in [4.78, 5) is 12.9. The molecule has 0 spiro atoms. The second kappa shape index (κ2) is 11.4. The molecular formula is C29H29N3O4. The summed E-state index contributed by atoms with van der Waals surface area (Å²) in [6.45, 7) is 4.91. The molecule has 0 saturated carbocycles. The lowest BCUT2D eigenvalue weighted by molar-refractivity contribution is 0.0950. The van der Waals surface area contributed by atoms with Crippen LogP contribution in [0.5, 0.6) is 17.2 Å². The number of nitrogens with one attached hydrogen (secondary N) is 1. The van der Waals surface area contributed by atoms with Crippen LogP contribution in [0.3, 0.4) is 0 Å². The van der Waals surface area contributed by atoms with Gasteiger partial charge in [0.15, 0.2) is 0 Å². The van der Waals surface area contributed by atoms with E-state index in [1.165, 1.54) is 6.07 Å². The number of hydrogen-bond acceptors (Lipinski definition) is 6. The zero-order chi connectivity index (χ0) is 25.5. The Morgan fingerprint density at radius 3 is 2.39 bits per heavy atom. The van der Waals surface area contributed by atoms with Gasteiger partial charge in [0, 0.05) is 17.3 Å². The van der Waals surface area contributed by atoms with Crippen LogP contribution in [0.4, 0.5) is 11.4 Å². The lowest BCUT2D eigenvalue weighted by Gasteiger charge is -2.11. The summed E-state index contributed by atoms with van der Waals surface area (Å²) in [6.07, 6.45) is 1.50. The third kappa shape index (κ3) is 5.99. The van der Waals surface area contributed by atoms with Gasteiger partial charge in [0.2, 0.25) is 0 Å². The van der Waals surface area contributed by atoms with Gasteiger partial charge in [0.1, 0.15) is 22.9 Å². The number of nitrogens with zero attached hydrogens (tertiary/aromatic N) is 2. The average Bonchev–Trinajstić information content (AvgIpc) is 2.87. The van der Waals surface area contributed by atoms with Gasteiger partial charge in [-0.25, -0.2) is 0 Å². The van der Waals surface area contributed by atoms with E-state index < -0.39 is 5.91 Å². The van der Waals surface area contributed by atoms with E-state index in [0.717, 1.165) is 29.7 Å². The van der Waals surface area contributed by atoms with Gasteiger partial charge in [-0.2, -0.15) is 0 Å². The van der Waals surface area contributed by atoms with Crippen LogP contribution >= 0.6 is 0 Å². The largest absolute Gasteiger partial charge is 0.506 e. The maximum Gasteiger partial charge on any atom is 0.255 e. The number of fused-ring (bicyclic) bond motifs is 1. The SMILES string of the molecule is Cc1cccc(OCCCCNC(=O)c2cc(/N=N/c3cc(C)ccc3O)c3ccccc3c2O)c1. The van der Waals surface area contributed by atoms with Crippen molar-refractivity contribution < 1.29 is 19.7 Å². The molecule has 0 atom stereocenters. The van der Waals surface area contributed by atoms with Crippen LogP contribution in [-0.2, 0) is 0 Å². The quantitative estimate of drug-likeness (QED) is 0.178. The van der Waals surface area contributed by atoms with Crippen LogP contribution in [0, 0.1) is 13.8 Å². The van der Waals surface area contributed by atoms with Crippen LogP contribution in [0.2, 0.25) is 0 Å². The van der Waals surface area contributed by atoms with Crippen molar-refractivity contribution in [3.05, 3.63) is 89.5 Å². The molecule has 3 N–H and O–H groups in total. The molecule has 0 aliphatic heterocycles. The van der Waals surface area contributed by atoms with Crippen LogP contribution < -0.4 is 10.1 Å². The van der Waals surface area contributed by atoms with Gasteiger partial charge < -0.3 is 20.3 Å². The number of phenolic OH excluding ortho intramolecular Hbond substituents is 2. The highest BCUT2D eigenvalue weighted by Crippen LogP contribution is 2.37. The number of carbonyl (C=O) groups is 1. The van der Waals surface area contributed by atoms with Crippen molar-refractivity contribution in [3.8, 4) is 17.2 Å². The minimum Gasteiger partial charge on any atom is -0.506 e. The molecular weight excluding hydrogens is 454 g/mol. The fourth-order valence-electron chi connectivity index (χ4n) is 3.84. The van der Waals surface area contributed by atoms with Gasteiger partial charge in [-0.3, -0.25) is 4.79 Å². The maximum atomic E-state index is 12.9. The van der Waals surface area contributed by atoms with Crippen LogP contribution in [0.15, 0.2) is 83.0 Å². The molecule has 184 valence electrons. The van der Waals surface area contributed by atoms with E-state index in [1.807, 2.05) is 44.2 Å². The molecule has 0 radical (unpaired) electrons. The number of rotatable bonds is 9. The Hall–Kier alpha value is -4.39. The van der Waals surface area contributed by atoms with E-state index in [9.17, 15) is 15.0 Å². The number of benzene rings is 4. The Kier molecular flexibility index (Phi) is 7.80. The molecule has 0 heterocycles. The molecule has 7 nitrogen and oxygen atoms in total. The van der Waals surface area contributed by atoms with Crippen molar-refractivity contribution in [1.82, 2.24) is 5.32 Å². The van der Waals surface area contributed by atoms with Gasteiger partial charge in [-0.15, -0.1) is 10.2 Å². The highest BCUT2D eigenvalue weighted by atomic mass is 16.5. The molecule has 0 aliphatic carbocycles. The standard InChI is InChI=1S/C29H29N3O4/c1-19-8-7-9-21(16-19)36-15-6-5-14-30-29(35)24-18-25(22-10-3-4-11-23(22)28(24)34)31-32-26-17-20(2)12-13-27(26)33/h3-4,7-13,16-18,33-34H,5-6,14-15H2,1-2H3,(H,30,35)/b32-31+. The molecule has 0 aliphatic rings. The first kappa shape index (κ1) is 24.7. The molecule has 0 saturated heterocycles.